The second-order valence-corrected chi connectivity index (χ2v) is 5.37. The number of hydrogen-bond acceptors (Lipinski definition) is 4. The van der Waals surface area contributed by atoms with Crippen LogP contribution in [0.5, 0.6) is 0 Å². The first kappa shape index (κ1) is 17.3. The number of anilines is 3. The minimum atomic E-state index is -4.44. The van der Waals surface area contributed by atoms with Gasteiger partial charge < -0.3 is 10.6 Å². The number of aromatic nitrogens is 2. The molecule has 0 radical (unpaired) electrons. The molecule has 0 saturated heterocycles. The molecule has 0 aliphatic heterocycles. The summed E-state index contributed by atoms with van der Waals surface area (Å²) in [4.78, 5) is 8.39. The van der Waals surface area contributed by atoms with E-state index in [1.807, 2.05) is 6.92 Å². The molecule has 0 aliphatic rings. The largest absolute Gasteiger partial charge is 0.416 e. The van der Waals surface area contributed by atoms with Gasteiger partial charge in [-0.2, -0.15) is 18.2 Å². The zero-order valence-electron chi connectivity index (χ0n) is 12.6. The van der Waals surface area contributed by atoms with Crippen molar-refractivity contribution in [3.05, 3.63) is 40.5 Å². The number of aryl methyl sites for hydroxylation is 1. The Hall–Kier alpha value is -2.02. The maximum absolute atomic E-state index is 12.8. The summed E-state index contributed by atoms with van der Waals surface area (Å²) in [6.07, 6.45) is -3.52. The smallest absolute Gasteiger partial charge is 0.370 e. The summed E-state index contributed by atoms with van der Waals surface area (Å²) in [6.45, 7) is 4.53. The van der Waals surface area contributed by atoms with Gasteiger partial charge in [0, 0.05) is 18.3 Å². The number of hydrogen-bond donors (Lipinski definition) is 2. The third-order valence-corrected chi connectivity index (χ3v) is 3.28. The van der Waals surface area contributed by atoms with Crippen molar-refractivity contribution in [1.82, 2.24) is 9.97 Å². The topological polar surface area (TPSA) is 49.8 Å². The molecule has 23 heavy (non-hydrogen) atoms. The summed E-state index contributed by atoms with van der Waals surface area (Å²) >= 11 is 5.96. The third-order valence-electron chi connectivity index (χ3n) is 2.95. The molecule has 0 unspecified atom stereocenters. The molecule has 0 fully saturated rings. The van der Waals surface area contributed by atoms with Crippen LogP contribution in [0.3, 0.4) is 0 Å². The van der Waals surface area contributed by atoms with Gasteiger partial charge in [0.2, 0.25) is 5.95 Å². The van der Waals surface area contributed by atoms with Crippen LogP contribution < -0.4 is 10.6 Å². The van der Waals surface area contributed by atoms with Crippen LogP contribution in [0, 0.1) is 6.92 Å². The van der Waals surface area contributed by atoms with E-state index in [1.165, 1.54) is 6.07 Å². The average Bonchev–Trinajstić information content (AvgIpc) is 2.45. The number of benzene rings is 1. The number of nitrogens with zero attached hydrogens (tertiary/aromatic N) is 2. The van der Waals surface area contributed by atoms with Crippen LogP contribution in [0.15, 0.2) is 24.3 Å². The molecule has 2 aromatic rings. The highest BCUT2D eigenvalue weighted by atomic mass is 35.5. The molecule has 8 heteroatoms. The highest BCUT2D eigenvalue weighted by molar-refractivity contribution is 6.33. The summed E-state index contributed by atoms with van der Waals surface area (Å²) in [5.74, 6) is 0.787. The van der Waals surface area contributed by atoms with Gasteiger partial charge in [0.15, 0.2) is 0 Å². The van der Waals surface area contributed by atoms with Gasteiger partial charge in [0.25, 0.3) is 0 Å². The quantitative estimate of drug-likeness (QED) is 0.799. The van der Waals surface area contributed by atoms with Crippen LogP contribution in [-0.4, -0.2) is 16.5 Å². The number of halogens is 4. The van der Waals surface area contributed by atoms with Crippen LogP contribution in [-0.2, 0) is 6.18 Å². The minimum absolute atomic E-state index is 0.105. The molecule has 4 nitrogen and oxygen atoms in total. The van der Waals surface area contributed by atoms with E-state index < -0.39 is 11.7 Å². The lowest BCUT2D eigenvalue weighted by molar-refractivity contribution is -0.137. The lowest BCUT2D eigenvalue weighted by Gasteiger charge is -2.13. The number of alkyl halides is 3. The molecule has 0 amide bonds. The fourth-order valence-corrected chi connectivity index (χ4v) is 2.05. The van der Waals surface area contributed by atoms with Crippen molar-refractivity contribution in [3.63, 3.8) is 0 Å². The van der Waals surface area contributed by atoms with E-state index in [-0.39, 0.29) is 16.7 Å². The standard InChI is InChI=1S/C15H16ClF3N4/c1-3-6-20-13-7-9(2)21-14(23-13)22-12-8-10(15(17,18)19)4-5-11(12)16/h4-5,7-8H,3,6H2,1-2H3,(H2,20,21,22,23). The minimum Gasteiger partial charge on any atom is -0.370 e. The van der Waals surface area contributed by atoms with E-state index in [4.69, 9.17) is 11.6 Å². The Bertz CT molecular complexity index is 689. The summed E-state index contributed by atoms with van der Waals surface area (Å²) < 4.78 is 38.4. The molecule has 2 N–H and O–H groups in total. The molecule has 1 aromatic carbocycles. The van der Waals surface area contributed by atoms with E-state index >= 15 is 0 Å². The van der Waals surface area contributed by atoms with E-state index in [1.54, 1.807) is 13.0 Å². The van der Waals surface area contributed by atoms with Crippen LogP contribution in [0.2, 0.25) is 5.02 Å². The number of nitrogens with one attached hydrogen (secondary N) is 2. The first-order chi connectivity index (χ1) is 10.8. The van der Waals surface area contributed by atoms with Gasteiger partial charge >= 0.3 is 6.18 Å². The second kappa shape index (κ2) is 7.04. The van der Waals surface area contributed by atoms with Gasteiger partial charge in [-0.25, -0.2) is 4.98 Å². The third kappa shape index (κ3) is 4.72. The maximum atomic E-state index is 12.8. The molecule has 1 aromatic heterocycles. The Labute approximate surface area is 137 Å². The van der Waals surface area contributed by atoms with Gasteiger partial charge in [0.05, 0.1) is 16.3 Å². The highest BCUT2D eigenvalue weighted by Gasteiger charge is 2.31. The molecular weight excluding hydrogens is 329 g/mol. The van der Waals surface area contributed by atoms with Crippen molar-refractivity contribution >= 4 is 29.1 Å². The van der Waals surface area contributed by atoms with E-state index in [0.717, 1.165) is 25.1 Å². The summed E-state index contributed by atoms with van der Waals surface area (Å²) in [5, 5.41) is 6.01. The Kier molecular flexibility index (Phi) is 5.30. The lowest BCUT2D eigenvalue weighted by Crippen LogP contribution is -2.08. The molecule has 124 valence electrons. The lowest BCUT2D eigenvalue weighted by atomic mass is 10.2. The molecule has 2 rings (SSSR count). The zero-order chi connectivity index (χ0) is 17.0. The van der Waals surface area contributed by atoms with Crippen molar-refractivity contribution in [2.24, 2.45) is 0 Å². The van der Waals surface area contributed by atoms with Gasteiger partial charge in [-0.1, -0.05) is 18.5 Å². The van der Waals surface area contributed by atoms with Crippen molar-refractivity contribution in [1.29, 1.82) is 0 Å². The van der Waals surface area contributed by atoms with Crippen LogP contribution in [0.25, 0.3) is 0 Å². The SMILES string of the molecule is CCCNc1cc(C)nc(Nc2cc(C(F)(F)F)ccc2Cl)n1. The first-order valence-electron chi connectivity index (χ1n) is 7.03. The fourth-order valence-electron chi connectivity index (χ4n) is 1.89. The summed E-state index contributed by atoms with van der Waals surface area (Å²) in [5.41, 5.74) is -0.000816. The molecule has 0 bridgehead atoms. The zero-order valence-corrected chi connectivity index (χ0v) is 13.4. The van der Waals surface area contributed by atoms with Gasteiger partial charge in [0.1, 0.15) is 5.82 Å². The Morgan fingerprint density at radius 3 is 2.57 bits per heavy atom. The van der Waals surface area contributed by atoms with Gasteiger partial charge in [-0.15, -0.1) is 0 Å². The Morgan fingerprint density at radius 2 is 1.91 bits per heavy atom. The predicted molar refractivity (Wildman–Crippen MR) is 85.3 cm³/mol. The fraction of sp³-hybridized carbons (Fsp3) is 0.333. The Balaban J connectivity index is 2.30. The van der Waals surface area contributed by atoms with E-state index in [9.17, 15) is 13.2 Å². The predicted octanol–water partition coefficient (Wildman–Crippen LogP) is 5.02. The normalized spacial score (nSPS) is 11.4. The van der Waals surface area contributed by atoms with E-state index in [0.29, 0.717) is 11.5 Å². The Morgan fingerprint density at radius 1 is 1.17 bits per heavy atom. The molecule has 1 heterocycles. The summed E-state index contributed by atoms with van der Waals surface area (Å²) in [7, 11) is 0. The summed E-state index contributed by atoms with van der Waals surface area (Å²) in [6, 6.07) is 4.82. The molecular formula is C15H16ClF3N4. The molecule has 0 saturated carbocycles. The van der Waals surface area contributed by atoms with Crippen molar-refractivity contribution < 1.29 is 13.2 Å². The molecule has 0 atom stereocenters. The average molecular weight is 345 g/mol. The van der Waals surface area contributed by atoms with Crippen molar-refractivity contribution in [2.45, 2.75) is 26.4 Å². The first-order valence-corrected chi connectivity index (χ1v) is 7.40. The monoisotopic (exact) mass is 344 g/mol. The van der Waals surface area contributed by atoms with Crippen molar-refractivity contribution in [3.8, 4) is 0 Å². The molecule has 0 spiro atoms. The van der Waals surface area contributed by atoms with Crippen LogP contribution >= 0.6 is 11.6 Å². The maximum Gasteiger partial charge on any atom is 0.416 e. The highest BCUT2D eigenvalue weighted by Crippen LogP contribution is 2.34. The van der Waals surface area contributed by atoms with Gasteiger partial charge in [-0.3, -0.25) is 0 Å². The number of rotatable bonds is 5. The van der Waals surface area contributed by atoms with E-state index in [2.05, 4.69) is 20.6 Å². The van der Waals surface area contributed by atoms with Gasteiger partial charge in [-0.05, 0) is 31.5 Å². The second-order valence-electron chi connectivity index (χ2n) is 4.96. The van der Waals surface area contributed by atoms with Crippen molar-refractivity contribution in [2.75, 3.05) is 17.2 Å². The van der Waals surface area contributed by atoms with Crippen LogP contribution in [0.1, 0.15) is 24.6 Å². The van der Waals surface area contributed by atoms with Crippen LogP contribution in [0.4, 0.5) is 30.6 Å². The molecule has 0 aliphatic carbocycles.